The number of rotatable bonds is 10. The molecule has 34 heavy (non-hydrogen) atoms. The number of ether oxygens (including phenoxy) is 2. The molecule has 0 spiro atoms. The van der Waals surface area contributed by atoms with E-state index in [-0.39, 0.29) is 23.5 Å². The van der Waals surface area contributed by atoms with Gasteiger partial charge in [0.15, 0.2) is 0 Å². The molecule has 178 valence electrons. The van der Waals surface area contributed by atoms with E-state index in [4.69, 9.17) is 9.47 Å². The fourth-order valence-electron chi connectivity index (χ4n) is 3.21. The van der Waals surface area contributed by atoms with Crippen LogP contribution in [0, 0.1) is 0 Å². The molecule has 9 heteroatoms. The van der Waals surface area contributed by atoms with Crippen molar-refractivity contribution in [3.05, 3.63) is 90.0 Å². The van der Waals surface area contributed by atoms with Crippen LogP contribution < -0.4 is 14.8 Å². The molecule has 0 bridgehead atoms. The molecule has 0 saturated carbocycles. The molecule has 8 nitrogen and oxygen atoms in total. The molecular weight excluding hydrogens is 456 g/mol. The van der Waals surface area contributed by atoms with Crippen molar-refractivity contribution in [2.45, 2.75) is 24.3 Å². The lowest BCUT2D eigenvalue weighted by molar-refractivity contribution is -0.145. The van der Waals surface area contributed by atoms with Crippen molar-refractivity contribution >= 4 is 27.6 Å². The molecule has 1 unspecified atom stereocenters. The normalized spacial score (nSPS) is 11.8. The highest BCUT2D eigenvalue weighted by Crippen LogP contribution is 2.20. The van der Waals surface area contributed by atoms with Gasteiger partial charge in [-0.2, -0.15) is 0 Å². The number of methoxy groups -OCH3 is 1. The van der Waals surface area contributed by atoms with Crippen LogP contribution in [0.3, 0.4) is 0 Å². The summed E-state index contributed by atoms with van der Waals surface area (Å²) in [5, 5.41) is 2.66. The predicted molar refractivity (Wildman–Crippen MR) is 128 cm³/mol. The molecule has 0 aromatic heterocycles. The predicted octanol–water partition coefficient (Wildman–Crippen LogP) is 3.40. The molecule has 1 amide bonds. The molecule has 3 aromatic carbocycles. The van der Waals surface area contributed by atoms with Crippen LogP contribution in [0.1, 0.15) is 22.8 Å². The minimum Gasteiger partial charge on any atom is -0.497 e. The maximum atomic E-state index is 12.9. The van der Waals surface area contributed by atoms with Gasteiger partial charge in [0, 0.05) is 17.7 Å². The van der Waals surface area contributed by atoms with Gasteiger partial charge in [-0.05, 0) is 55.0 Å². The number of esters is 1. The summed E-state index contributed by atoms with van der Waals surface area (Å²) < 4.78 is 38.3. The van der Waals surface area contributed by atoms with Gasteiger partial charge < -0.3 is 14.8 Å². The van der Waals surface area contributed by atoms with E-state index >= 15 is 0 Å². The Kier molecular flexibility index (Phi) is 8.26. The van der Waals surface area contributed by atoms with Gasteiger partial charge in [-0.15, -0.1) is 0 Å². The zero-order valence-corrected chi connectivity index (χ0v) is 19.7. The molecule has 0 aliphatic heterocycles. The minimum absolute atomic E-state index is 0.0910. The summed E-state index contributed by atoms with van der Waals surface area (Å²) in [4.78, 5) is 25.3. The van der Waals surface area contributed by atoms with Crippen LogP contribution in [-0.4, -0.2) is 40.1 Å². The van der Waals surface area contributed by atoms with E-state index in [0.717, 1.165) is 5.56 Å². The molecule has 0 aliphatic rings. The Morgan fingerprint density at radius 1 is 0.941 bits per heavy atom. The Hall–Kier alpha value is -3.85. The number of nitrogens with one attached hydrogen (secondary N) is 2. The standard InChI is InChI=1S/C25H26N2O6S/c1-3-33-25(29)23(16-18-8-5-4-6-9-18)26-24(28)19-10-7-11-22(17-19)34(30,31)27-20-12-14-21(32-2)15-13-20/h4-15,17,23,27H,3,16H2,1-2H3,(H,26,28). The number of amides is 1. The van der Waals surface area contributed by atoms with Gasteiger partial charge in [0.05, 0.1) is 18.6 Å². The van der Waals surface area contributed by atoms with Crippen LogP contribution in [0.2, 0.25) is 0 Å². The van der Waals surface area contributed by atoms with Crippen molar-refractivity contribution in [1.82, 2.24) is 5.32 Å². The molecule has 3 rings (SSSR count). The number of benzene rings is 3. The summed E-state index contributed by atoms with van der Waals surface area (Å²) in [5.74, 6) is -0.562. The van der Waals surface area contributed by atoms with Crippen molar-refractivity contribution in [3.63, 3.8) is 0 Å². The van der Waals surface area contributed by atoms with Crippen molar-refractivity contribution in [3.8, 4) is 5.75 Å². The van der Waals surface area contributed by atoms with E-state index < -0.39 is 27.9 Å². The highest BCUT2D eigenvalue weighted by molar-refractivity contribution is 7.92. The van der Waals surface area contributed by atoms with E-state index in [2.05, 4.69) is 10.0 Å². The average molecular weight is 483 g/mol. The van der Waals surface area contributed by atoms with E-state index in [1.54, 1.807) is 31.2 Å². The van der Waals surface area contributed by atoms with E-state index in [0.29, 0.717) is 11.4 Å². The summed E-state index contributed by atoms with van der Waals surface area (Å²) >= 11 is 0. The van der Waals surface area contributed by atoms with Gasteiger partial charge in [0.25, 0.3) is 15.9 Å². The summed E-state index contributed by atoms with van der Waals surface area (Å²) in [6.07, 6.45) is 0.239. The Bertz CT molecular complexity index is 1230. The summed E-state index contributed by atoms with van der Waals surface area (Å²) in [6.45, 7) is 1.86. The Labute approximate surface area is 199 Å². The van der Waals surface area contributed by atoms with Gasteiger partial charge in [-0.25, -0.2) is 13.2 Å². The van der Waals surface area contributed by atoms with Crippen molar-refractivity contribution < 1.29 is 27.5 Å². The monoisotopic (exact) mass is 482 g/mol. The minimum atomic E-state index is -3.95. The molecular formula is C25H26N2O6S. The summed E-state index contributed by atoms with van der Waals surface area (Å²) in [6, 6.07) is 20.3. The SMILES string of the molecule is CCOC(=O)C(Cc1ccccc1)NC(=O)c1cccc(S(=O)(=O)Nc2ccc(OC)cc2)c1. The summed E-state index contributed by atoms with van der Waals surface area (Å²) in [5.41, 5.74) is 1.29. The molecule has 0 fully saturated rings. The van der Waals surface area contributed by atoms with Crippen LogP contribution in [0.25, 0.3) is 0 Å². The van der Waals surface area contributed by atoms with Crippen LogP contribution in [0.15, 0.2) is 83.8 Å². The molecule has 0 heterocycles. The number of carbonyl (C=O) groups excluding carboxylic acids is 2. The second kappa shape index (κ2) is 11.3. The van der Waals surface area contributed by atoms with E-state index in [9.17, 15) is 18.0 Å². The lowest BCUT2D eigenvalue weighted by Gasteiger charge is -2.18. The Morgan fingerprint density at radius 2 is 1.65 bits per heavy atom. The van der Waals surface area contributed by atoms with Crippen molar-refractivity contribution in [2.75, 3.05) is 18.4 Å². The summed E-state index contributed by atoms with van der Waals surface area (Å²) in [7, 11) is -2.44. The second-order valence-corrected chi connectivity index (χ2v) is 9.01. The molecule has 0 saturated heterocycles. The number of anilines is 1. The number of hydrogen-bond acceptors (Lipinski definition) is 6. The molecule has 2 N–H and O–H groups in total. The highest BCUT2D eigenvalue weighted by Gasteiger charge is 2.24. The lowest BCUT2D eigenvalue weighted by atomic mass is 10.1. The average Bonchev–Trinajstić information content (AvgIpc) is 2.84. The van der Waals surface area contributed by atoms with Crippen LogP contribution >= 0.6 is 0 Å². The number of hydrogen-bond donors (Lipinski definition) is 2. The van der Waals surface area contributed by atoms with Crippen molar-refractivity contribution in [2.24, 2.45) is 0 Å². The first kappa shape index (κ1) is 24.8. The third-order valence-corrected chi connectivity index (χ3v) is 6.29. The lowest BCUT2D eigenvalue weighted by Crippen LogP contribution is -2.43. The van der Waals surface area contributed by atoms with Crippen LogP contribution in [-0.2, 0) is 26.0 Å². The van der Waals surface area contributed by atoms with Gasteiger partial charge in [-0.3, -0.25) is 9.52 Å². The van der Waals surface area contributed by atoms with Gasteiger partial charge in [-0.1, -0.05) is 36.4 Å². The maximum Gasteiger partial charge on any atom is 0.328 e. The Morgan fingerprint density at radius 3 is 2.29 bits per heavy atom. The fraction of sp³-hybridized carbons (Fsp3) is 0.200. The zero-order valence-electron chi connectivity index (χ0n) is 18.9. The number of sulfonamides is 1. The largest absolute Gasteiger partial charge is 0.497 e. The smallest absolute Gasteiger partial charge is 0.328 e. The third-order valence-electron chi connectivity index (χ3n) is 4.91. The maximum absolute atomic E-state index is 12.9. The quantitative estimate of drug-likeness (QED) is 0.429. The first-order chi connectivity index (χ1) is 16.3. The first-order valence-electron chi connectivity index (χ1n) is 10.6. The molecule has 0 aliphatic carbocycles. The van der Waals surface area contributed by atoms with Crippen LogP contribution in [0.4, 0.5) is 5.69 Å². The third kappa shape index (κ3) is 6.58. The molecule has 1 atom stereocenters. The molecule has 3 aromatic rings. The number of carbonyl (C=O) groups is 2. The van der Waals surface area contributed by atoms with E-state index in [1.807, 2.05) is 30.3 Å². The Balaban J connectivity index is 1.78. The molecule has 0 radical (unpaired) electrons. The van der Waals surface area contributed by atoms with Gasteiger partial charge >= 0.3 is 5.97 Å². The van der Waals surface area contributed by atoms with Gasteiger partial charge in [0.2, 0.25) is 0 Å². The van der Waals surface area contributed by atoms with Crippen molar-refractivity contribution in [1.29, 1.82) is 0 Å². The first-order valence-corrected chi connectivity index (χ1v) is 12.1. The van der Waals surface area contributed by atoms with Gasteiger partial charge in [0.1, 0.15) is 11.8 Å². The second-order valence-electron chi connectivity index (χ2n) is 7.33. The fourth-order valence-corrected chi connectivity index (χ4v) is 4.31. The van der Waals surface area contributed by atoms with Crippen LogP contribution in [0.5, 0.6) is 5.75 Å². The van der Waals surface area contributed by atoms with E-state index in [1.165, 1.54) is 31.4 Å². The topological polar surface area (TPSA) is 111 Å². The highest BCUT2D eigenvalue weighted by atomic mass is 32.2. The zero-order chi connectivity index (χ0) is 24.6.